The van der Waals surface area contributed by atoms with E-state index in [9.17, 15) is 4.79 Å². The van der Waals surface area contributed by atoms with Gasteiger partial charge in [-0.25, -0.2) is 0 Å². The fourth-order valence-corrected chi connectivity index (χ4v) is 1.34. The summed E-state index contributed by atoms with van der Waals surface area (Å²) in [6.07, 6.45) is 5.64. The standard InChI is InChI=1S/C12H13ClN2O/c1-3-4-8(2)15-12(16)9-5-6-10(13)11(14)7-9/h1,5-8H,4,14H2,2H3,(H,15,16). The Labute approximate surface area is 100.0 Å². The Kier molecular flexibility index (Phi) is 4.21. The SMILES string of the molecule is C#CCC(C)NC(=O)c1ccc(Cl)c(N)c1. The second-order valence-corrected chi connectivity index (χ2v) is 3.93. The molecule has 4 heteroatoms. The lowest BCUT2D eigenvalue weighted by Gasteiger charge is -2.11. The third-order valence-corrected chi connectivity index (χ3v) is 2.40. The molecule has 0 bridgehead atoms. The summed E-state index contributed by atoms with van der Waals surface area (Å²) in [4.78, 5) is 11.7. The smallest absolute Gasteiger partial charge is 0.251 e. The van der Waals surface area contributed by atoms with E-state index in [1.807, 2.05) is 6.92 Å². The average Bonchev–Trinajstić information content (AvgIpc) is 2.22. The van der Waals surface area contributed by atoms with Gasteiger partial charge in [-0.3, -0.25) is 4.79 Å². The van der Waals surface area contributed by atoms with Crippen LogP contribution in [0.3, 0.4) is 0 Å². The molecule has 0 saturated carbocycles. The Bertz CT molecular complexity index is 437. The van der Waals surface area contributed by atoms with Gasteiger partial charge in [0.15, 0.2) is 0 Å². The van der Waals surface area contributed by atoms with Gasteiger partial charge >= 0.3 is 0 Å². The number of rotatable bonds is 3. The van der Waals surface area contributed by atoms with Gasteiger partial charge in [-0.15, -0.1) is 12.3 Å². The Morgan fingerprint density at radius 3 is 2.94 bits per heavy atom. The zero-order valence-electron chi connectivity index (χ0n) is 8.96. The number of hydrogen-bond acceptors (Lipinski definition) is 2. The Hall–Kier alpha value is -1.66. The van der Waals surface area contributed by atoms with Crippen LogP contribution in [-0.4, -0.2) is 11.9 Å². The molecule has 1 unspecified atom stereocenters. The van der Waals surface area contributed by atoms with E-state index in [-0.39, 0.29) is 11.9 Å². The van der Waals surface area contributed by atoms with Gasteiger partial charge in [-0.2, -0.15) is 0 Å². The van der Waals surface area contributed by atoms with Crippen LogP contribution in [0.1, 0.15) is 23.7 Å². The summed E-state index contributed by atoms with van der Waals surface area (Å²) in [6.45, 7) is 1.84. The zero-order valence-corrected chi connectivity index (χ0v) is 9.71. The van der Waals surface area contributed by atoms with E-state index >= 15 is 0 Å². The first kappa shape index (κ1) is 12.4. The van der Waals surface area contributed by atoms with E-state index in [4.69, 9.17) is 23.8 Å². The minimum absolute atomic E-state index is 0.0607. The van der Waals surface area contributed by atoms with Crippen molar-refractivity contribution >= 4 is 23.2 Å². The molecule has 16 heavy (non-hydrogen) atoms. The normalized spacial score (nSPS) is 11.6. The van der Waals surface area contributed by atoms with Crippen molar-refractivity contribution in [2.45, 2.75) is 19.4 Å². The van der Waals surface area contributed by atoms with Crippen molar-refractivity contribution in [3.63, 3.8) is 0 Å². The number of anilines is 1. The van der Waals surface area contributed by atoms with Crippen LogP contribution in [0.25, 0.3) is 0 Å². The minimum Gasteiger partial charge on any atom is -0.398 e. The molecule has 0 aliphatic carbocycles. The van der Waals surface area contributed by atoms with Gasteiger partial charge in [0.05, 0.1) is 10.7 Å². The third kappa shape index (κ3) is 3.18. The first-order valence-electron chi connectivity index (χ1n) is 4.84. The van der Waals surface area contributed by atoms with Crippen LogP contribution >= 0.6 is 11.6 Å². The molecule has 84 valence electrons. The van der Waals surface area contributed by atoms with Crippen LogP contribution in [-0.2, 0) is 0 Å². The number of nitrogens with two attached hydrogens (primary N) is 1. The predicted molar refractivity (Wildman–Crippen MR) is 66.2 cm³/mol. The highest BCUT2D eigenvalue weighted by molar-refractivity contribution is 6.33. The summed E-state index contributed by atoms with van der Waals surface area (Å²) in [6, 6.07) is 4.70. The van der Waals surface area contributed by atoms with Crippen molar-refractivity contribution in [3.8, 4) is 12.3 Å². The molecular weight excluding hydrogens is 224 g/mol. The fourth-order valence-electron chi connectivity index (χ4n) is 1.22. The van der Waals surface area contributed by atoms with Crippen molar-refractivity contribution < 1.29 is 4.79 Å². The number of benzene rings is 1. The van der Waals surface area contributed by atoms with E-state index < -0.39 is 0 Å². The first-order chi connectivity index (χ1) is 7.54. The molecule has 3 N–H and O–H groups in total. The lowest BCUT2D eigenvalue weighted by molar-refractivity contribution is 0.0941. The maximum Gasteiger partial charge on any atom is 0.251 e. The molecule has 3 nitrogen and oxygen atoms in total. The number of nitrogen functional groups attached to an aromatic ring is 1. The van der Waals surface area contributed by atoms with Crippen LogP contribution in [0.2, 0.25) is 5.02 Å². The van der Waals surface area contributed by atoms with Crippen LogP contribution in [0, 0.1) is 12.3 Å². The molecule has 0 aliphatic rings. The van der Waals surface area contributed by atoms with E-state index in [1.54, 1.807) is 18.2 Å². The number of terminal acetylenes is 1. The number of hydrogen-bond donors (Lipinski definition) is 2. The van der Waals surface area contributed by atoms with Crippen LogP contribution in [0.5, 0.6) is 0 Å². The van der Waals surface area contributed by atoms with E-state index in [0.29, 0.717) is 22.7 Å². The van der Waals surface area contributed by atoms with Gasteiger partial charge in [0.2, 0.25) is 0 Å². The molecular formula is C12H13ClN2O. The number of nitrogens with one attached hydrogen (secondary N) is 1. The van der Waals surface area contributed by atoms with E-state index in [1.165, 1.54) is 0 Å². The molecule has 0 saturated heterocycles. The van der Waals surface area contributed by atoms with Crippen LogP contribution in [0.4, 0.5) is 5.69 Å². The fraction of sp³-hybridized carbons (Fsp3) is 0.250. The Balaban J connectivity index is 2.74. The second kappa shape index (κ2) is 5.43. The molecule has 0 spiro atoms. The maximum absolute atomic E-state index is 11.7. The maximum atomic E-state index is 11.7. The van der Waals surface area contributed by atoms with Crippen molar-refractivity contribution in [1.29, 1.82) is 0 Å². The summed E-state index contributed by atoms with van der Waals surface area (Å²) in [5.41, 5.74) is 6.47. The highest BCUT2D eigenvalue weighted by atomic mass is 35.5. The second-order valence-electron chi connectivity index (χ2n) is 3.52. The molecule has 0 aromatic heterocycles. The molecule has 1 aromatic carbocycles. The summed E-state index contributed by atoms with van der Waals surface area (Å²) >= 11 is 5.76. The van der Waals surface area contributed by atoms with Gasteiger partial charge in [0.1, 0.15) is 0 Å². The lowest BCUT2D eigenvalue weighted by Crippen LogP contribution is -2.32. The van der Waals surface area contributed by atoms with Crippen LogP contribution < -0.4 is 11.1 Å². The minimum atomic E-state index is -0.203. The Morgan fingerprint density at radius 2 is 2.38 bits per heavy atom. The lowest BCUT2D eigenvalue weighted by atomic mass is 10.1. The molecule has 1 amide bonds. The number of carbonyl (C=O) groups is 1. The molecule has 0 radical (unpaired) electrons. The highest BCUT2D eigenvalue weighted by Crippen LogP contribution is 2.19. The largest absolute Gasteiger partial charge is 0.398 e. The van der Waals surface area contributed by atoms with E-state index in [2.05, 4.69) is 11.2 Å². The van der Waals surface area contributed by atoms with Gasteiger partial charge in [-0.05, 0) is 25.1 Å². The van der Waals surface area contributed by atoms with Crippen LogP contribution in [0.15, 0.2) is 18.2 Å². The zero-order chi connectivity index (χ0) is 12.1. The van der Waals surface area contributed by atoms with E-state index in [0.717, 1.165) is 0 Å². The number of carbonyl (C=O) groups excluding carboxylic acids is 1. The van der Waals surface area contributed by atoms with Crippen molar-refractivity contribution in [2.24, 2.45) is 0 Å². The summed E-state index contributed by atoms with van der Waals surface area (Å²) < 4.78 is 0. The molecule has 1 aromatic rings. The molecule has 0 aliphatic heterocycles. The average molecular weight is 237 g/mol. The monoisotopic (exact) mass is 236 g/mol. The molecule has 0 heterocycles. The highest BCUT2D eigenvalue weighted by Gasteiger charge is 2.09. The predicted octanol–water partition coefficient (Wildman–Crippen LogP) is 2.06. The number of halogens is 1. The topological polar surface area (TPSA) is 55.1 Å². The first-order valence-corrected chi connectivity index (χ1v) is 5.21. The van der Waals surface area contributed by atoms with Crippen molar-refractivity contribution in [3.05, 3.63) is 28.8 Å². The summed E-state index contributed by atoms with van der Waals surface area (Å²) in [5.74, 6) is 2.28. The van der Waals surface area contributed by atoms with Gasteiger partial charge in [0.25, 0.3) is 5.91 Å². The molecule has 1 atom stereocenters. The van der Waals surface area contributed by atoms with Crippen molar-refractivity contribution in [1.82, 2.24) is 5.32 Å². The number of amides is 1. The quantitative estimate of drug-likeness (QED) is 0.624. The summed E-state index contributed by atoms with van der Waals surface area (Å²) in [5, 5.41) is 3.20. The molecule has 0 fully saturated rings. The van der Waals surface area contributed by atoms with Gasteiger partial charge < -0.3 is 11.1 Å². The molecule has 1 rings (SSSR count). The van der Waals surface area contributed by atoms with Gasteiger partial charge in [-0.1, -0.05) is 11.6 Å². The van der Waals surface area contributed by atoms with Crippen molar-refractivity contribution in [2.75, 3.05) is 5.73 Å². The Morgan fingerprint density at radius 1 is 1.69 bits per heavy atom. The summed E-state index contributed by atoms with van der Waals surface area (Å²) in [7, 11) is 0. The van der Waals surface area contributed by atoms with Gasteiger partial charge in [0, 0.05) is 18.0 Å². The third-order valence-electron chi connectivity index (χ3n) is 2.06.